The Morgan fingerprint density at radius 1 is 1.27 bits per heavy atom. The summed E-state index contributed by atoms with van der Waals surface area (Å²) in [5, 5.41) is 26.7. The molecule has 1 heterocycles. The average Bonchev–Trinajstić information content (AvgIpc) is 3.22. The first-order valence-corrected chi connectivity index (χ1v) is 8.93. The minimum absolute atomic E-state index is 0.0235. The monoisotopic (exact) mass is 376 g/mol. The third-order valence-electron chi connectivity index (χ3n) is 5.34. The molecule has 2 atom stereocenters. The van der Waals surface area contributed by atoms with Gasteiger partial charge in [-0.3, -0.25) is 10.6 Å². The Kier molecular flexibility index (Phi) is 5.45. The van der Waals surface area contributed by atoms with Gasteiger partial charge in [-0.2, -0.15) is 5.10 Å². The van der Waals surface area contributed by atoms with E-state index in [0.29, 0.717) is 11.4 Å². The number of rotatable bonds is 6. The Hall–Kier alpha value is -1.77. The lowest BCUT2D eigenvalue weighted by Crippen LogP contribution is -2.74. The molecule has 0 spiro atoms. The van der Waals surface area contributed by atoms with Crippen LogP contribution in [0, 0.1) is 0 Å². The number of nitrogens with one attached hydrogen (secondary N) is 3. The Bertz CT molecular complexity index is 756. The van der Waals surface area contributed by atoms with Crippen LogP contribution in [0.2, 0.25) is 5.02 Å². The number of aliphatic hydroxyl groups is 1. The van der Waals surface area contributed by atoms with E-state index in [2.05, 4.69) is 26.0 Å². The third kappa shape index (κ3) is 3.06. The number of hydrogen-bond donors (Lipinski definition) is 4. The molecule has 0 bridgehead atoms. The van der Waals surface area contributed by atoms with Crippen molar-refractivity contribution in [2.75, 3.05) is 21.1 Å². The highest BCUT2D eigenvalue weighted by Gasteiger charge is 2.61. The number of likely N-dealkylation sites (N-methyl/N-ethyl adjacent to an activating group) is 3. The highest BCUT2D eigenvalue weighted by molar-refractivity contribution is 6.30. The van der Waals surface area contributed by atoms with Crippen LogP contribution in [0.25, 0.3) is 6.08 Å². The molecule has 0 radical (unpaired) electrons. The first-order chi connectivity index (χ1) is 12.5. The van der Waals surface area contributed by atoms with Crippen LogP contribution in [0.1, 0.15) is 12.0 Å². The second-order valence-corrected chi connectivity index (χ2v) is 6.96. The summed E-state index contributed by atoms with van der Waals surface area (Å²) in [6.45, 7) is 0.270. The standard InChI is InChI=1S/C18H25ClN6O/c1-20-16-9-14(8-13-4-6-15(19)7-5-13)17(26,18(16,21-2)22-3)10-25-12-23-11-24-25/h4-8,11-12,16,20-22,26H,9-10H2,1-3H3. The zero-order chi connectivity index (χ0) is 18.8. The van der Waals surface area contributed by atoms with Gasteiger partial charge in [-0.1, -0.05) is 29.8 Å². The van der Waals surface area contributed by atoms with Gasteiger partial charge in [0.25, 0.3) is 0 Å². The van der Waals surface area contributed by atoms with Crippen molar-refractivity contribution in [2.45, 2.75) is 30.3 Å². The maximum Gasteiger partial charge on any atom is 0.138 e. The van der Waals surface area contributed by atoms with Crippen LogP contribution in [0.4, 0.5) is 0 Å². The zero-order valence-electron chi connectivity index (χ0n) is 15.2. The summed E-state index contributed by atoms with van der Waals surface area (Å²) in [6, 6.07) is 7.55. The molecule has 2 unspecified atom stereocenters. The molecule has 2 aromatic rings. The molecule has 0 aliphatic heterocycles. The Balaban J connectivity index is 2.10. The van der Waals surface area contributed by atoms with Gasteiger partial charge >= 0.3 is 0 Å². The van der Waals surface area contributed by atoms with Crippen LogP contribution >= 0.6 is 11.6 Å². The summed E-state index contributed by atoms with van der Waals surface area (Å²) >= 11 is 6.00. The molecule has 1 aromatic heterocycles. The van der Waals surface area contributed by atoms with Gasteiger partial charge in [-0.15, -0.1) is 0 Å². The Labute approximate surface area is 158 Å². The molecule has 8 heteroatoms. The molecule has 1 saturated carbocycles. The van der Waals surface area contributed by atoms with Crippen LogP contribution in [0.5, 0.6) is 0 Å². The maximum atomic E-state index is 11.9. The summed E-state index contributed by atoms with van der Waals surface area (Å²) in [4.78, 5) is 4.00. The van der Waals surface area contributed by atoms with E-state index in [1.165, 1.54) is 6.33 Å². The highest BCUT2D eigenvalue weighted by Crippen LogP contribution is 2.43. The molecule has 0 amide bonds. The van der Waals surface area contributed by atoms with Crippen LogP contribution in [0.15, 0.2) is 42.5 Å². The lowest BCUT2D eigenvalue weighted by atomic mass is 9.85. The second kappa shape index (κ2) is 7.46. The number of benzene rings is 1. The summed E-state index contributed by atoms with van der Waals surface area (Å²) < 4.78 is 1.65. The van der Waals surface area contributed by atoms with E-state index in [0.717, 1.165) is 11.1 Å². The van der Waals surface area contributed by atoms with Crippen molar-refractivity contribution in [1.29, 1.82) is 0 Å². The van der Waals surface area contributed by atoms with Gasteiger partial charge in [0.05, 0.1) is 6.54 Å². The number of halogens is 1. The lowest BCUT2D eigenvalue weighted by Gasteiger charge is -2.45. The smallest absolute Gasteiger partial charge is 0.138 e. The van der Waals surface area contributed by atoms with E-state index in [1.54, 1.807) is 11.0 Å². The van der Waals surface area contributed by atoms with Gasteiger partial charge in [0.15, 0.2) is 0 Å². The van der Waals surface area contributed by atoms with Gasteiger partial charge in [-0.05, 0) is 50.8 Å². The lowest BCUT2D eigenvalue weighted by molar-refractivity contribution is -0.0385. The molecule has 1 aliphatic carbocycles. The molecule has 0 saturated heterocycles. The topological polar surface area (TPSA) is 87.0 Å². The number of hydrogen-bond acceptors (Lipinski definition) is 6. The summed E-state index contributed by atoms with van der Waals surface area (Å²) in [7, 11) is 5.59. The molecule has 4 N–H and O–H groups in total. The number of aromatic nitrogens is 3. The van der Waals surface area contributed by atoms with E-state index in [4.69, 9.17) is 11.6 Å². The van der Waals surface area contributed by atoms with E-state index in [1.807, 2.05) is 51.5 Å². The SMILES string of the molecule is CNC1CC(=Cc2ccc(Cl)cc2)C(O)(Cn2cncn2)C1(NC)NC. The first kappa shape index (κ1) is 19.0. The van der Waals surface area contributed by atoms with Gasteiger partial charge in [0.2, 0.25) is 0 Å². The van der Waals surface area contributed by atoms with Crippen molar-refractivity contribution in [3.05, 3.63) is 53.1 Å². The van der Waals surface area contributed by atoms with Gasteiger partial charge in [0, 0.05) is 11.1 Å². The third-order valence-corrected chi connectivity index (χ3v) is 5.59. The zero-order valence-corrected chi connectivity index (χ0v) is 16.0. The van der Waals surface area contributed by atoms with Crippen molar-refractivity contribution in [3.63, 3.8) is 0 Å². The normalized spacial score (nSPS) is 26.5. The minimum atomic E-state index is -1.22. The second-order valence-electron chi connectivity index (χ2n) is 6.53. The maximum absolute atomic E-state index is 11.9. The fourth-order valence-corrected chi connectivity index (χ4v) is 4.13. The fourth-order valence-electron chi connectivity index (χ4n) is 4.00. The molecule has 140 valence electrons. The van der Waals surface area contributed by atoms with E-state index < -0.39 is 11.3 Å². The molecule has 1 aliphatic rings. The quantitative estimate of drug-likeness (QED) is 0.560. The molecular weight excluding hydrogens is 352 g/mol. The largest absolute Gasteiger partial charge is 0.380 e. The van der Waals surface area contributed by atoms with E-state index in [-0.39, 0.29) is 12.6 Å². The van der Waals surface area contributed by atoms with Crippen LogP contribution in [0.3, 0.4) is 0 Å². The average molecular weight is 377 g/mol. The molecule has 26 heavy (non-hydrogen) atoms. The number of nitrogens with zero attached hydrogens (tertiary/aromatic N) is 3. The van der Waals surface area contributed by atoms with Crippen molar-refractivity contribution in [2.24, 2.45) is 0 Å². The van der Waals surface area contributed by atoms with E-state index in [9.17, 15) is 5.11 Å². The van der Waals surface area contributed by atoms with Crippen LogP contribution in [-0.2, 0) is 6.54 Å². The van der Waals surface area contributed by atoms with Gasteiger partial charge in [-0.25, -0.2) is 9.67 Å². The molecular formula is C18H25ClN6O. The van der Waals surface area contributed by atoms with Gasteiger partial charge in [0.1, 0.15) is 23.9 Å². The molecule has 1 fully saturated rings. The van der Waals surface area contributed by atoms with Gasteiger partial charge < -0.3 is 10.4 Å². The predicted molar refractivity (Wildman–Crippen MR) is 103 cm³/mol. The summed E-state index contributed by atoms with van der Waals surface area (Å²) in [6.07, 6.45) is 5.78. The van der Waals surface area contributed by atoms with Crippen molar-refractivity contribution in [3.8, 4) is 0 Å². The van der Waals surface area contributed by atoms with Crippen molar-refractivity contribution >= 4 is 17.7 Å². The fraction of sp³-hybridized carbons (Fsp3) is 0.444. The summed E-state index contributed by atoms with van der Waals surface area (Å²) in [5.41, 5.74) is -0.110. The van der Waals surface area contributed by atoms with Crippen LogP contribution in [-0.4, -0.2) is 58.3 Å². The Morgan fingerprint density at radius 3 is 2.50 bits per heavy atom. The minimum Gasteiger partial charge on any atom is -0.380 e. The first-order valence-electron chi connectivity index (χ1n) is 8.55. The molecule has 3 rings (SSSR count). The Morgan fingerprint density at radius 2 is 1.96 bits per heavy atom. The summed E-state index contributed by atoms with van der Waals surface area (Å²) in [5.74, 6) is 0. The van der Waals surface area contributed by atoms with E-state index >= 15 is 0 Å². The molecule has 1 aromatic carbocycles. The van der Waals surface area contributed by atoms with Crippen molar-refractivity contribution in [1.82, 2.24) is 30.7 Å². The predicted octanol–water partition coefficient (Wildman–Crippen LogP) is 0.873. The highest BCUT2D eigenvalue weighted by atomic mass is 35.5. The molecule has 7 nitrogen and oxygen atoms in total. The van der Waals surface area contributed by atoms with Crippen molar-refractivity contribution < 1.29 is 5.11 Å². The van der Waals surface area contributed by atoms with Crippen LogP contribution < -0.4 is 16.0 Å².